The third-order valence-electron chi connectivity index (χ3n) is 3.90. The van der Waals surface area contributed by atoms with Gasteiger partial charge in [-0.15, -0.1) is 0 Å². The molecule has 0 spiro atoms. The Hall–Kier alpha value is -0.990. The summed E-state index contributed by atoms with van der Waals surface area (Å²) in [4.78, 5) is 4.63. The normalized spacial score (nSPS) is 24.5. The molecule has 0 atom stereocenters. The van der Waals surface area contributed by atoms with Crippen LogP contribution in [0, 0.1) is 18.8 Å². The summed E-state index contributed by atoms with van der Waals surface area (Å²) in [6, 6.07) is 0.650. The van der Waals surface area contributed by atoms with E-state index in [-0.39, 0.29) is 0 Å². The standard InChI is InChI=1S/C15H27N3/c1-11(2)9-16-15-17-13(4)10-18(15)14-7-5-12(3)6-8-14/h10-12,14H,5-9H2,1-4H3,(H,16,17). The van der Waals surface area contributed by atoms with E-state index < -0.39 is 0 Å². The Morgan fingerprint density at radius 2 is 2.00 bits per heavy atom. The first kappa shape index (κ1) is 13.4. The maximum absolute atomic E-state index is 4.63. The Bertz CT molecular complexity index is 373. The van der Waals surface area contributed by atoms with Gasteiger partial charge in [-0.1, -0.05) is 20.8 Å². The number of hydrogen-bond donors (Lipinski definition) is 1. The van der Waals surface area contributed by atoms with Gasteiger partial charge in [-0.2, -0.15) is 0 Å². The molecule has 1 heterocycles. The average molecular weight is 249 g/mol. The summed E-state index contributed by atoms with van der Waals surface area (Å²) in [5.41, 5.74) is 1.12. The van der Waals surface area contributed by atoms with E-state index in [2.05, 4.69) is 48.8 Å². The molecule has 0 bridgehead atoms. The molecule has 0 aromatic carbocycles. The van der Waals surface area contributed by atoms with Gasteiger partial charge in [0.25, 0.3) is 0 Å². The van der Waals surface area contributed by atoms with Crippen molar-refractivity contribution in [1.29, 1.82) is 0 Å². The zero-order valence-corrected chi connectivity index (χ0v) is 12.2. The zero-order valence-electron chi connectivity index (χ0n) is 12.2. The second-order valence-electron chi connectivity index (χ2n) is 6.30. The van der Waals surface area contributed by atoms with Crippen molar-refractivity contribution < 1.29 is 0 Å². The summed E-state index contributed by atoms with van der Waals surface area (Å²) < 4.78 is 2.38. The van der Waals surface area contributed by atoms with Gasteiger partial charge in [-0.05, 0) is 44.4 Å². The fourth-order valence-corrected chi connectivity index (χ4v) is 2.74. The highest BCUT2D eigenvalue weighted by atomic mass is 15.2. The minimum atomic E-state index is 0.650. The second-order valence-corrected chi connectivity index (χ2v) is 6.30. The molecule has 0 amide bonds. The summed E-state index contributed by atoms with van der Waals surface area (Å²) >= 11 is 0. The molecule has 1 saturated carbocycles. The lowest BCUT2D eigenvalue weighted by atomic mass is 9.87. The van der Waals surface area contributed by atoms with Gasteiger partial charge in [-0.3, -0.25) is 0 Å². The summed E-state index contributed by atoms with van der Waals surface area (Å²) in [5.74, 6) is 2.63. The molecular formula is C15H27N3. The molecule has 102 valence electrons. The van der Waals surface area contributed by atoms with Crippen molar-refractivity contribution in [2.24, 2.45) is 11.8 Å². The van der Waals surface area contributed by atoms with Crippen LogP contribution in [0.15, 0.2) is 6.20 Å². The monoisotopic (exact) mass is 249 g/mol. The maximum atomic E-state index is 4.63. The van der Waals surface area contributed by atoms with Crippen LogP contribution in [0.4, 0.5) is 5.95 Å². The average Bonchev–Trinajstić information content (AvgIpc) is 2.69. The number of aromatic nitrogens is 2. The fraction of sp³-hybridized carbons (Fsp3) is 0.800. The van der Waals surface area contributed by atoms with Crippen LogP contribution in [0.3, 0.4) is 0 Å². The van der Waals surface area contributed by atoms with Gasteiger partial charge in [0.2, 0.25) is 5.95 Å². The van der Waals surface area contributed by atoms with Crippen molar-refractivity contribution in [3.05, 3.63) is 11.9 Å². The Balaban J connectivity index is 2.06. The fourth-order valence-electron chi connectivity index (χ4n) is 2.74. The Morgan fingerprint density at radius 1 is 1.33 bits per heavy atom. The summed E-state index contributed by atoms with van der Waals surface area (Å²) in [6.07, 6.45) is 7.51. The third-order valence-corrected chi connectivity index (χ3v) is 3.90. The summed E-state index contributed by atoms with van der Waals surface area (Å²) in [5, 5.41) is 3.49. The van der Waals surface area contributed by atoms with Crippen molar-refractivity contribution in [2.45, 2.75) is 59.4 Å². The first-order valence-corrected chi connectivity index (χ1v) is 7.35. The highest BCUT2D eigenvalue weighted by Crippen LogP contribution is 2.33. The van der Waals surface area contributed by atoms with Gasteiger partial charge >= 0.3 is 0 Å². The van der Waals surface area contributed by atoms with Crippen LogP contribution in [-0.2, 0) is 0 Å². The number of hydrogen-bond acceptors (Lipinski definition) is 2. The minimum absolute atomic E-state index is 0.650. The van der Waals surface area contributed by atoms with E-state index in [4.69, 9.17) is 0 Å². The number of nitrogens with zero attached hydrogens (tertiary/aromatic N) is 2. The molecule has 0 radical (unpaired) electrons. The molecular weight excluding hydrogens is 222 g/mol. The van der Waals surface area contributed by atoms with E-state index in [1.807, 2.05) is 0 Å². The van der Waals surface area contributed by atoms with E-state index in [0.717, 1.165) is 24.1 Å². The first-order chi connectivity index (χ1) is 8.56. The van der Waals surface area contributed by atoms with E-state index >= 15 is 0 Å². The minimum Gasteiger partial charge on any atom is -0.355 e. The zero-order chi connectivity index (χ0) is 13.1. The summed E-state index contributed by atoms with van der Waals surface area (Å²) in [7, 11) is 0. The van der Waals surface area contributed by atoms with Crippen LogP contribution < -0.4 is 5.32 Å². The molecule has 18 heavy (non-hydrogen) atoms. The number of nitrogens with one attached hydrogen (secondary N) is 1. The van der Waals surface area contributed by atoms with E-state index in [1.54, 1.807) is 0 Å². The van der Waals surface area contributed by atoms with Gasteiger partial charge in [0, 0.05) is 18.8 Å². The molecule has 3 heteroatoms. The number of aryl methyl sites for hydroxylation is 1. The molecule has 0 aliphatic heterocycles. The topological polar surface area (TPSA) is 29.9 Å². The molecule has 2 rings (SSSR count). The molecule has 0 unspecified atom stereocenters. The van der Waals surface area contributed by atoms with Crippen LogP contribution in [-0.4, -0.2) is 16.1 Å². The molecule has 1 aromatic heterocycles. The number of anilines is 1. The lowest BCUT2D eigenvalue weighted by Crippen LogP contribution is -2.19. The number of imidazole rings is 1. The first-order valence-electron chi connectivity index (χ1n) is 7.35. The van der Waals surface area contributed by atoms with Crippen LogP contribution in [0.5, 0.6) is 0 Å². The lowest BCUT2D eigenvalue weighted by molar-refractivity contribution is 0.291. The molecule has 1 aliphatic rings. The van der Waals surface area contributed by atoms with Crippen molar-refractivity contribution in [3.8, 4) is 0 Å². The smallest absolute Gasteiger partial charge is 0.203 e. The van der Waals surface area contributed by atoms with Gasteiger partial charge in [0.05, 0.1) is 5.69 Å². The van der Waals surface area contributed by atoms with Gasteiger partial charge < -0.3 is 9.88 Å². The van der Waals surface area contributed by atoms with Gasteiger partial charge in [0.15, 0.2) is 0 Å². The molecule has 3 nitrogen and oxygen atoms in total. The van der Waals surface area contributed by atoms with Crippen molar-refractivity contribution in [3.63, 3.8) is 0 Å². The van der Waals surface area contributed by atoms with Crippen LogP contribution in [0.2, 0.25) is 0 Å². The number of rotatable bonds is 4. The predicted octanol–water partition coefficient (Wildman–Crippen LogP) is 4.01. The Morgan fingerprint density at radius 3 is 2.61 bits per heavy atom. The molecule has 0 saturated heterocycles. The Labute approximate surface area is 111 Å². The van der Waals surface area contributed by atoms with Crippen LogP contribution >= 0.6 is 0 Å². The van der Waals surface area contributed by atoms with Gasteiger partial charge in [-0.25, -0.2) is 4.98 Å². The van der Waals surface area contributed by atoms with Crippen LogP contribution in [0.25, 0.3) is 0 Å². The quantitative estimate of drug-likeness (QED) is 0.873. The third kappa shape index (κ3) is 3.27. The van der Waals surface area contributed by atoms with Crippen molar-refractivity contribution in [1.82, 2.24) is 9.55 Å². The maximum Gasteiger partial charge on any atom is 0.203 e. The Kier molecular flexibility index (Phi) is 4.31. The van der Waals surface area contributed by atoms with E-state index in [1.165, 1.54) is 25.7 Å². The highest BCUT2D eigenvalue weighted by molar-refractivity contribution is 5.29. The predicted molar refractivity (Wildman–Crippen MR) is 77.0 cm³/mol. The second kappa shape index (κ2) is 5.77. The molecule has 1 fully saturated rings. The van der Waals surface area contributed by atoms with Crippen molar-refractivity contribution >= 4 is 5.95 Å². The van der Waals surface area contributed by atoms with Gasteiger partial charge in [0.1, 0.15) is 0 Å². The SMILES string of the molecule is Cc1cn(C2CCC(C)CC2)c(NCC(C)C)n1. The highest BCUT2D eigenvalue weighted by Gasteiger charge is 2.21. The summed E-state index contributed by atoms with van der Waals surface area (Å²) in [6.45, 7) is 9.92. The lowest BCUT2D eigenvalue weighted by Gasteiger charge is -2.28. The molecule has 1 aliphatic carbocycles. The molecule has 1 N–H and O–H groups in total. The van der Waals surface area contributed by atoms with Crippen molar-refractivity contribution in [2.75, 3.05) is 11.9 Å². The molecule has 1 aromatic rings. The van der Waals surface area contributed by atoms with E-state index in [9.17, 15) is 0 Å². The largest absolute Gasteiger partial charge is 0.355 e. The van der Waals surface area contributed by atoms with Crippen LogP contribution in [0.1, 0.15) is 58.2 Å². The van der Waals surface area contributed by atoms with E-state index in [0.29, 0.717) is 12.0 Å².